The van der Waals surface area contributed by atoms with E-state index >= 15 is 0 Å². The molecule has 0 aliphatic carbocycles. The van der Waals surface area contributed by atoms with Gasteiger partial charge in [-0.2, -0.15) is 0 Å². The summed E-state index contributed by atoms with van der Waals surface area (Å²) >= 11 is 0. The van der Waals surface area contributed by atoms with Crippen LogP contribution in [-0.4, -0.2) is 29.4 Å². The van der Waals surface area contributed by atoms with Crippen LogP contribution in [0.1, 0.15) is 0 Å². The van der Waals surface area contributed by atoms with Gasteiger partial charge in [0.1, 0.15) is 6.20 Å². The molecule has 8 nitrogen and oxygen atoms in total. The highest BCUT2D eigenvalue weighted by molar-refractivity contribution is 7.92. The zero-order valence-electron chi connectivity index (χ0n) is 7.46. The van der Waals surface area contributed by atoms with Crippen molar-refractivity contribution < 1.29 is 13.3 Å². The van der Waals surface area contributed by atoms with Gasteiger partial charge in [-0.3, -0.25) is 19.5 Å². The van der Waals surface area contributed by atoms with E-state index < -0.39 is 14.9 Å². The van der Waals surface area contributed by atoms with Crippen molar-refractivity contribution in [3.8, 4) is 0 Å². The molecule has 1 aromatic rings. The van der Waals surface area contributed by atoms with Crippen LogP contribution in [0, 0.1) is 10.1 Å². The average molecular weight is 220 g/mol. The molecule has 1 aromatic heterocycles. The first-order chi connectivity index (χ1) is 6.29. The van der Waals surface area contributed by atoms with E-state index in [1.807, 2.05) is 4.72 Å². The van der Waals surface area contributed by atoms with E-state index in [1.54, 1.807) is 0 Å². The molecule has 0 aliphatic rings. The summed E-state index contributed by atoms with van der Waals surface area (Å²) in [6.07, 6.45) is 2.01. The van der Waals surface area contributed by atoms with Crippen molar-refractivity contribution in [3.63, 3.8) is 0 Å². The van der Waals surface area contributed by atoms with Crippen LogP contribution in [0.5, 0.6) is 0 Å². The summed E-state index contributed by atoms with van der Waals surface area (Å²) in [5.74, 6) is -0.278. The quantitative estimate of drug-likeness (QED) is 0.555. The van der Waals surface area contributed by atoms with Crippen LogP contribution in [0.15, 0.2) is 6.20 Å². The van der Waals surface area contributed by atoms with Crippen molar-refractivity contribution in [1.82, 2.24) is 9.78 Å². The third kappa shape index (κ3) is 2.42. The van der Waals surface area contributed by atoms with Gasteiger partial charge in [-0.25, -0.2) is 8.42 Å². The molecule has 0 aromatic carbocycles. The largest absolute Gasteiger partial charge is 0.331 e. The highest BCUT2D eigenvalue weighted by atomic mass is 32.2. The maximum atomic E-state index is 10.8. The smallest absolute Gasteiger partial charge is 0.266 e. The molecule has 0 bridgehead atoms. The summed E-state index contributed by atoms with van der Waals surface area (Å²) in [5.41, 5.74) is -0.377. The topological polar surface area (TPSA) is 107 Å². The van der Waals surface area contributed by atoms with Crippen LogP contribution in [0.3, 0.4) is 0 Å². The summed E-state index contributed by atoms with van der Waals surface area (Å²) < 4.78 is 24.7. The van der Waals surface area contributed by atoms with Crippen molar-refractivity contribution in [3.05, 3.63) is 16.3 Å². The number of sulfonamides is 1. The predicted molar refractivity (Wildman–Crippen MR) is 48.3 cm³/mol. The Morgan fingerprint density at radius 2 is 2.21 bits per heavy atom. The molecule has 0 atom stereocenters. The molecule has 0 spiro atoms. The fourth-order valence-electron chi connectivity index (χ4n) is 0.858. The van der Waals surface area contributed by atoms with E-state index in [2.05, 4.69) is 5.10 Å². The van der Waals surface area contributed by atoms with Gasteiger partial charge in [0.15, 0.2) is 0 Å². The van der Waals surface area contributed by atoms with Crippen LogP contribution < -0.4 is 4.72 Å². The van der Waals surface area contributed by atoms with Crippen LogP contribution >= 0.6 is 0 Å². The Balaban J connectivity index is 3.14. The van der Waals surface area contributed by atoms with Gasteiger partial charge in [0, 0.05) is 7.05 Å². The van der Waals surface area contributed by atoms with Crippen LogP contribution in [-0.2, 0) is 17.1 Å². The van der Waals surface area contributed by atoms with E-state index in [0.717, 1.165) is 17.1 Å². The lowest BCUT2D eigenvalue weighted by Crippen LogP contribution is -2.11. The van der Waals surface area contributed by atoms with Gasteiger partial charge in [-0.1, -0.05) is 0 Å². The van der Waals surface area contributed by atoms with Crippen molar-refractivity contribution in [2.24, 2.45) is 7.05 Å². The highest BCUT2D eigenvalue weighted by Gasteiger charge is 2.20. The van der Waals surface area contributed by atoms with Crippen molar-refractivity contribution in [1.29, 1.82) is 0 Å². The zero-order valence-corrected chi connectivity index (χ0v) is 8.28. The summed E-state index contributed by atoms with van der Waals surface area (Å²) in [5, 5.41) is 14.0. The first-order valence-corrected chi connectivity index (χ1v) is 5.34. The number of nitrogens with one attached hydrogen (secondary N) is 1. The Morgan fingerprint density at radius 3 is 2.64 bits per heavy atom. The summed E-state index contributed by atoms with van der Waals surface area (Å²) in [6, 6.07) is 0. The fraction of sp³-hybridized carbons (Fsp3) is 0.400. The van der Waals surface area contributed by atoms with Gasteiger partial charge in [-0.05, 0) is 0 Å². The fourth-order valence-corrected chi connectivity index (χ4v) is 1.35. The SMILES string of the molecule is Cn1cc([N+](=O)[O-])c(NS(C)(=O)=O)n1. The van der Waals surface area contributed by atoms with E-state index in [9.17, 15) is 18.5 Å². The molecular formula is C5H8N4O4S. The molecule has 78 valence electrons. The van der Waals surface area contributed by atoms with Gasteiger partial charge in [0.25, 0.3) is 0 Å². The second kappa shape index (κ2) is 3.25. The van der Waals surface area contributed by atoms with Gasteiger partial charge >= 0.3 is 5.69 Å². The monoisotopic (exact) mass is 220 g/mol. The molecule has 1 N–H and O–H groups in total. The Labute approximate surface area is 79.7 Å². The highest BCUT2D eigenvalue weighted by Crippen LogP contribution is 2.21. The lowest BCUT2D eigenvalue weighted by molar-refractivity contribution is -0.384. The molecule has 1 heterocycles. The minimum Gasteiger partial charge on any atom is -0.266 e. The van der Waals surface area contributed by atoms with E-state index in [1.165, 1.54) is 7.05 Å². The molecule has 0 aliphatic heterocycles. The second-order valence-corrected chi connectivity index (χ2v) is 4.42. The van der Waals surface area contributed by atoms with Gasteiger partial charge in [0.2, 0.25) is 15.8 Å². The third-order valence-corrected chi connectivity index (χ3v) is 1.85. The molecule has 0 radical (unpaired) electrons. The average Bonchev–Trinajstić information content (AvgIpc) is 2.27. The third-order valence-electron chi connectivity index (χ3n) is 1.29. The number of anilines is 1. The lowest BCUT2D eigenvalue weighted by atomic mass is 10.5. The number of hydrogen-bond acceptors (Lipinski definition) is 5. The summed E-state index contributed by atoms with van der Waals surface area (Å²) in [7, 11) is -2.09. The van der Waals surface area contributed by atoms with Crippen molar-refractivity contribution >= 4 is 21.5 Å². The molecule has 9 heteroatoms. The number of aryl methyl sites for hydroxylation is 1. The molecule has 0 unspecified atom stereocenters. The van der Waals surface area contributed by atoms with Gasteiger partial charge < -0.3 is 0 Å². The minimum absolute atomic E-state index is 0.278. The van der Waals surface area contributed by atoms with Crippen LogP contribution in [0.25, 0.3) is 0 Å². The molecule has 0 saturated carbocycles. The number of hydrogen-bond donors (Lipinski definition) is 1. The Kier molecular flexibility index (Phi) is 2.43. The van der Waals surface area contributed by atoms with E-state index in [0.29, 0.717) is 0 Å². The second-order valence-electron chi connectivity index (χ2n) is 2.67. The number of nitro groups is 1. The van der Waals surface area contributed by atoms with Crippen molar-refractivity contribution in [2.45, 2.75) is 0 Å². The molecule has 0 saturated heterocycles. The first-order valence-electron chi connectivity index (χ1n) is 3.45. The van der Waals surface area contributed by atoms with Crippen LogP contribution in [0.2, 0.25) is 0 Å². The Hall–Kier alpha value is -1.64. The van der Waals surface area contributed by atoms with Crippen LogP contribution in [0.4, 0.5) is 11.5 Å². The normalized spacial score (nSPS) is 11.3. The number of nitrogens with zero attached hydrogens (tertiary/aromatic N) is 3. The predicted octanol–water partition coefficient (Wildman–Crippen LogP) is -0.300. The maximum Gasteiger partial charge on any atom is 0.331 e. The Morgan fingerprint density at radius 1 is 1.64 bits per heavy atom. The molecule has 0 amide bonds. The Bertz CT molecular complexity index is 462. The summed E-state index contributed by atoms with van der Waals surface area (Å²) in [6.45, 7) is 0. The summed E-state index contributed by atoms with van der Waals surface area (Å²) in [4.78, 5) is 9.73. The van der Waals surface area contributed by atoms with Gasteiger partial charge in [-0.15, -0.1) is 5.10 Å². The lowest BCUT2D eigenvalue weighted by Gasteiger charge is -1.97. The standard InChI is InChI=1S/C5H8N4O4S/c1-8-3-4(9(10)11)5(6-8)7-14(2,12)13/h3H,1-2H3,(H,6,7). The maximum absolute atomic E-state index is 10.8. The van der Waals surface area contributed by atoms with Gasteiger partial charge in [0.05, 0.1) is 11.2 Å². The number of aromatic nitrogens is 2. The molecular weight excluding hydrogens is 212 g/mol. The molecule has 14 heavy (non-hydrogen) atoms. The zero-order chi connectivity index (χ0) is 10.9. The molecule has 0 fully saturated rings. The minimum atomic E-state index is -3.55. The number of rotatable bonds is 3. The molecule has 1 rings (SSSR count). The van der Waals surface area contributed by atoms with Crippen molar-refractivity contribution in [2.75, 3.05) is 11.0 Å². The van der Waals surface area contributed by atoms with E-state index in [-0.39, 0.29) is 11.5 Å². The first kappa shape index (κ1) is 10.4. The van der Waals surface area contributed by atoms with E-state index in [4.69, 9.17) is 0 Å².